The fourth-order valence-electron chi connectivity index (χ4n) is 2.07. The Labute approximate surface area is 90.3 Å². The zero-order chi connectivity index (χ0) is 10.8. The molecule has 0 aliphatic heterocycles. The van der Waals surface area contributed by atoms with E-state index in [-0.39, 0.29) is 0 Å². The van der Waals surface area contributed by atoms with Crippen molar-refractivity contribution in [1.29, 1.82) is 0 Å². The third-order valence-corrected chi connectivity index (χ3v) is 2.74. The Bertz CT molecular complexity index is 471. The van der Waals surface area contributed by atoms with Crippen LogP contribution in [0.5, 0.6) is 0 Å². The first kappa shape index (κ1) is 10.2. The van der Waals surface area contributed by atoms with Gasteiger partial charge in [0.15, 0.2) is 0 Å². The van der Waals surface area contributed by atoms with Gasteiger partial charge in [-0.3, -0.25) is 0 Å². The number of aryl methyl sites for hydroxylation is 2. The maximum Gasteiger partial charge on any atom is 0.134 e. The average molecular weight is 203 g/mol. The van der Waals surface area contributed by atoms with Crippen molar-refractivity contribution in [1.82, 2.24) is 5.32 Å². The van der Waals surface area contributed by atoms with E-state index in [9.17, 15) is 0 Å². The van der Waals surface area contributed by atoms with E-state index in [4.69, 9.17) is 4.42 Å². The van der Waals surface area contributed by atoms with Gasteiger partial charge in [0.05, 0.1) is 6.26 Å². The number of hydrogen-bond acceptors (Lipinski definition) is 2. The summed E-state index contributed by atoms with van der Waals surface area (Å²) in [5.41, 5.74) is 4.88. The molecule has 1 aromatic heterocycles. The van der Waals surface area contributed by atoms with Gasteiger partial charge in [0.25, 0.3) is 0 Å². The lowest BCUT2D eigenvalue weighted by atomic mass is 10.0. The highest BCUT2D eigenvalue weighted by atomic mass is 16.3. The van der Waals surface area contributed by atoms with Gasteiger partial charge in [-0.2, -0.15) is 0 Å². The predicted molar refractivity (Wildman–Crippen MR) is 63.3 cm³/mol. The van der Waals surface area contributed by atoms with Crippen molar-refractivity contribution in [2.45, 2.75) is 20.3 Å². The van der Waals surface area contributed by atoms with Gasteiger partial charge in [-0.15, -0.1) is 0 Å². The number of nitrogens with one attached hydrogen (secondary N) is 1. The van der Waals surface area contributed by atoms with Crippen molar-refractivity contribution in [3.8, 4) is 0 Å². The normalized spacial score (nSPS) is 11.1. The molecule has 2 rings (SSSR count). The monoisotopic (exact) mass is 203 g/mol. The minimum absolute atomic E-state index is 0.988. The van der Waals surface area contributed by atoms with E-state index in [0.717, 1.165) is 18.5 Å². The summed E-state index contributed by atoms with van der Waals surface area (Å²) in [4.78, 5) is 0. The van der Waals surface area contributed by atoms with Crippen molar-refractivity contribution in [3.05, 3.63) is 35.1 Å². The van der Waals surface area contributed by atoms with Gasteiger partial charge in [0.1, 0.15) is 5.58 Å². The second kappa shape index (κ2) is 4.07. The fourth-order valence-corrected chi connectivity index (χ4v) is 2.07. The first-order valence-corrected chi connectivity index (χ1v) is 5.34. The van der Waals surface area contributed by atoms with Gasteiger partial charge in [-0.1, -0.05) is 6.07 Å². The number of benzene rings is 1. The molecule has 2 aromatic rings. The molecule has 2 nitrogen and oxygen atoms in total. The molecule has 1 heterocycles. The zero-order valence-electron chi connectivity index (χ0n) is 9.55. The van der Waals surface area contributed by atoms with Crippen molar-refractivity contribution in [3.63, 3.8) is 0 Å². The minimum Gasteiger partial charge on any atom is -0.464 e. The van der Waals surface area contributed by atoms with E-state index in [1.165, 1.54) is 22.1 Å². The van der Waals surface area contributed by atoms with Gasteiger partial charge in [-0.25, -0.2) is 0 Å². The summed E-state index contributed by atoms with van der Waals surface area (Å²) in [7, 11) is 1.97. The van der Waals surface area contributed by atoms with E-state index in [1.807, 2.05) is 13.3 Å². The van der Waals surface area contributed by atoms with E-state index in [1.54, 1.807) is 0 Å². The van der Waals surface area contributed by atoms with Crippen LogP contribution in [0.15, 0.2) is 22.8 Å². The zero-order valence-corrected chi connectivity index (χ0v) is 9.55. The first-order valence-electron chi connectivity index (χ1n) is 5.34. The summed E-state index contributed by atoms with van der Waals surface area (Å²) in [6.45, 7) is 5.23. The Kier molecular flexibility index (Phi) is 2.78. The van der Waals surface area contributed by atoms with Crippen molar-refractivity contribution in [2.75, 3.05) is 13.6 Å². The minimum atomic E-state index is 0.988. The highest BCUT2D eigenvalue weighted by Crippen LogP contribution is 2.26. The lowest BCUT2D eigenvalue weighted by Gasteiger charge is -2.01. The second-order valence-electron chi connectivity index (χ2n) is 4.07. The number of fused-ring (bicyclic) bond motifs is 1. The van der Waals surface area contributed by atoms with Crippen LogP contribution in [0.3, 0.4) is 0 Å². The summed E-state index contributed by atoms with van der Waals surface area (Å²) in [5, 5.41) is 4.45. The summed E-state index contributed by atoms with van der Waals surface area (Å²) in [6, 6.07) is 4.31. The first-order chi connectivity index (χ1) is 7.22. The number of furan rings is 1. The molecule has 0 amide bonds. The molecule has 15 heavy (non-hydrogen) atoms. The fraction of sp³-hybridized carbons (Fsp3) is 0.385. The van der Waals surface area contributed by atoms with E-state index < -0.39 is 0 Å². The van der Waals surface area contributed by atoms with Crippen LogP contribution in [-0.2, 0) is 6.42 Å². The summed E-state index contributed by atoms with van der Waals surface area (Å²) in [5.74, 6) is 0. The Morgan fingerprint density at radius 1 is 1.27 bits per heavy atom. The molecule has 2 heteroatoms. The smallest absolute Gasteiger partial charge is 0.134 e. The molecule has 0 bridgehead atoms. The lowest BCUT2D eigenvalue weighted by Crippen LogP contribution is -2.10. The van der Waals surface area contributed by atoms with Crippen LogP contribution in [-0.4, -0.2) is 13.6 Å². The summed E-state index contributed by atoms with van der Waals surface area (Å²) in [6.07, 6.45) is 2.90. The van der Waals surface area contributed by atoms with Crippen LogP contribution in [0.4, 0.5) is 0 Å². The quantitative estimate of drug-likeness (QED) is 0.829. The van der Waals surface area contributed by atoms with Crippen LogP contribution in [0.1, 0.15) is 16.7 Å². The molecule has 0 fully saturated rings. The highest BCUT2D eigenvalue weighted by molar-refractivity contribution is 5.85. The van der Waals surface area contributed by atoms with Gasteiger partial charge in [-0.05, 0) is 56.6 Å². The Morgan fingerprint density at radius 2 is 2.07 bits per heavy atom. The third kappa shape index (κ3) is 1.90. The molecule has 80 valence electrons. The third-order valence-electron chi connectivity index (χ3n) is 2.74. The maximum absolute atomic E-state index is 5.58. The Hall–Kier alpha value is -1.28. The average Bonchev–Trinajstić information content (AvgIpc) is 2.58. The molecule has 0 radical (unpaired) electrons. The van der Waals surface area contributed by atoms with Crippen molar-refractivity contribution in [2.24, 2.45) is 0 Å². The predicted octanol–water partition coefficient (Wildman–Crippen LogP) is 2.81. The Morgan fingerprint density at radius 3 is 2.80 bits per heavy atom. The maximum atomic E-state index is 5.58. The molecule has 0 spiro atoms. The topological polar surface area (TPSA) is 25.2 Å². The molecule has 0 aliphatic carbocycles. The molecule has 0 aliphatic rings. The number of rotatable bonds is 3. The highest BCUT2D eigenvalue weighted by Gasteiger charge is 2.08. The molecule has 0 atom stereocenters. The molecule has 0 saturated carbocycles. The molecule has 0 saturated heterocycles. The van der Waals surface area contributed by atoms with Crippen LogP contribution < -0.4 is 5.32 Å². The van der Waals surface area contributed by atoms with Crippen molar-refractivity contribution < 1.29 is 4.42 Å². The van der Waals surface area contributed by atoms with Gasteiger partial charge in [0, 0.05) is 5.39 Å². The van der Waals surface area contributed by atoms with Crippen molar-refractivity contribution >= 4 is 11.0 Å². The number of likely N-dealkylation sites (N-methyl/N-ethyl adjacent to an activating group) is 1. The number of hydrogen-bond donors (Lipinski definition) is 1. The van der Waals surface area contributed by atoms with E-state index >= 15 is 0 Å². The van der Waals surface area contributed by atoms with E-state index in [2.05, 4.69) is 31.3 Å². The second-order valence-corrected chi connectivity index (χ2v) is 4.07. The molecular formula is C13H17NO. The van der Waals surface area contributed by atoms with Crippen LogP contribution >= 0.6 is 0 Å². The van der Waals surface area contributed by atoms with Crippen LogP contribution in [0, 0.1) is 13.8 Å². The summed E-state index contributed by atoms with van der Waals surface area (Å²) >= 11 is 0. The largest absolute Gasteiger partial charge is 0.464 e. The van der Waals surface area contributed by atoms with E-state index in [0.29, 0.717) is 0 Å². The molecule has 1 aromatic carbocycles. The Balaban J connectivity index is 2.49. The molecule has 1 N–H and O–H groups in total. The van der Waals surface area contributed by atoms with Crippen LogP contribution in [0.2, 0.25) is 0 Å². The lowest BCUT2D eigenvalue weighted by molar-refractivity contribution is 0.608. The van der Waals surface area contributed by atoms with Crippen LogP contribution in [0.25, 0.3) is 11.0 Å². The standard InChI is InChI=1S/C13H17NO/c1-9-6-10(2)13-11(4-5-14-3)8-15-12(13)7-9/h6-8,14H,4-5H2,1-3H3. The SMILES string of the molecule is CNCCc1coc2cc(C)cc(C)c12. The van der Waals surface area contributed by atoms with Gasteiger partial charge in [0.2, 0.25) is 0 Å². The van der Waals surface area contributed by atoms with Gasteiger partial charge < -0.3 is 9.73 Å². The molecule has 0 unspecified atom stereocenters. The molecular weight excluding hydrogens is 186 g/mol. The van der Waals surface area contributed by atoms with Gasteiger partial charge >= 0.3 is 0 Å². The summed E-state index contributed by atoms with van der Waals surface area (Å²) < 4.78 is 5.58.